The molecule has 0 aromatic rings. The predicted octanol–water partition coefficient (Wildman–Crippen LogP) is -0.669. The van der Waals surface area contributed by atoms with E-state index >= 15 is 0 Å². The molecule has 5 heteroatoms. The Kier molecular flexibility index (Phi) is 6.37. The second-order valence-corrected chi connectivity index (χ2v) is 5.31. The number of ether oxygens (including phenoxy) is 1. The summed E-state index contributed by atoms with van der Waals surface area (Å²) in [5, 5.41) is 3.69. The summed E-state index contributed by atoms with van der Waals surface area (Å²) in [5.41, 5.74) is 5.58. The third kappa shape index (κ3) is 4.82. The number of morpholine rings is 1. The van der Waals surface area contributed by atoms with E-state index in [0.29, 0.717) is 6.04 Å². The maximum atomic E-state index is 5.58. The summed E-state index contributed by atoms with van der Waals surface area (Å²) in [4.78, 5) is 4.96. The summed E-state index contributed by atoms with van der Waals surface area (Å²) < 4.78 is 5.35. The molecule has 2 saturated heterocycles. The van der Waals surface area contributed by atoms with Crippen LogP contribution in [0.2, 0.25) is 0 Å². The molecule has 5 nitrogen and oxygen atoms in total. The standard InChI is InChI=1S/C13H28N4O/c14-3-7-16-5-1-13(2-6-16)15-4-8-17-9-11-18-12-10-17/h13,15H,1-12,14H2. The molecule has 0 saturated carbocycles. The van der Waals surface area contributed by atoms with Gasteiger partial charge in [0.05, 0.1) is 13.2 Å². The molecule has 18 heavy (non-hydrogen) atoms. The maximum Gasteiger partial charge on any atom is 0.0594 e. The van der Waals surface area contributed by atoms with Crippen molar-refractivity contribution in [3.63, 3.8) is 0 Å². The van der Waals surface area contributed by atoms with Gasteiger partial charge >= 0.3 is 0 Å². The van der Waals surface area contributed by atoms with E-state index in [9.17, 15) is 0 Å². The SMILES string of the molecule is NCCN1CCC(NCCN2CCOCC2)CC1. The van der Waals surface area contributed by atoms with E-state index in [1.807, 2.05) is 0 Å². The number of nitrogens with zero attached hydrogens (tertiary/aromatic N) is 2. The zero-order valence-electron chi connectivity index (χ0n) is 11.4. The van der Waals surface area contributed by atoms with Crippen LogP contribution in [0.4, 0.5) is 0 Å². The number of nitrogens with one attached hydrogen (secondary N) is 1. The van der Waals surface area contributed by atoms with E-state index in [-0.39, 0.29) is 0 Å². The van der Waals surface area contributed by atoms with Crippen LogP contribution in [-0.2, 0) is 4.74 Å². The smallest absolute Gasteiger partial charge is 0.0594 e. The van der Waals surface area contributed by atoms with Gasteiger partial charge < -0.3 is 20.7 Å². The van der Waals surface area contributed by atoms with Crippen LogP contribution in [-0.4, -0.2) is 81.4 Å². The zero-order valence-corrected chi connectivity index (χ0v) is 11.4. The maximum absolute atomic E-state index is 5.58. The van der Waals surface area contributed by atoms with Crippen LogP contribution in [0.3, 0.4) is 0 Å². The average Bonchev–Trinajstić information content (AvgIpc) is 2.42. The Bertz CT molecular complexity index is 213. The third-order valence-corrected chi connectivity index (χ3v) is 4.00. The van der Waals surface area contributed by atoms with Crippen molar-refractivity contribution in [2.24, 2.45) is 5.73 Å². The van der Waals surface area contributed by atoms with Crippen molar-refractivity contribution in [2.45, 2.75) is 18.9 Å². The molecule has 0 spiro atoms. The molecule has 2 aliphatic rings. The van der Waals surface area contributed by atoms with Crippen LogP contribution >= 0.6 is 0 Å². The van der Waals surface area contributed by atoms with Crippen LogP contribution in [0.1, 0.15) is 12.8 Å². The van der Waals surface area contributed by atoms with Gasteiger partial charge in [-0.3, -0.25) is 4.90 Å². The van der Waals surface area contributed by atoms with E-state index in [1.165, 1.54) is 25.9 Å². The first-order chi connectivity index (χ1) is 8.88. The molecule has 0 radical (unpaired) electrons. The van der Waals surface area contributed by atoms with Gasteiger partial charge in [-0.15, -0.1) is 0 Å². The van der Waals surface area contributed by atoms with Crippen LogP contribution in [0.15, 0.2) is 0 Å². The van der Waals surface area contributed by atoms with Gasteiger partial charge in [0.2, 0.25) is 0 Å². The van der Waals surface area contributed by atoms with Gasteiger partial charge in [-0.2, -0.15) is 0 Å². The molecular weight excluding hydrogens is 228 g/mol. The fourth-order valence-electron chi connectivity index (χ4n) is 2.79. The van der Waals surface area contributed by atoms with Gasteiger partial charge in [-0.05, 0) is 25.9 Å². The Morgan fingerprint density at radius 2 is 1.67 bits per heavy atom. The third-order valence-electron chi connectivity index (χ3n) is 4.00. The van der Waals surface area contributed by atoms with E-state index in [1.54, 1.807) is 0 Å². The van der Waals surface area contributed by atoms with Gasteiger partial charge in [-0.25, -0.2) is 0 Å². The molecule has 0 unspecified atom stereocenters. The van der Waals surface area contributed by atoms with E-state index in [4.69, 9.17) is 10.5 Å². The predicted molar refractivity (Wildman–Crippen MR) is 73.8 cm³/mol. The van der Waals surface area contributed by atoms with Crippen LogP contribution in [0.5, 0.6) is 0 Å². The Morgan fingerprint density at radius 1 is 1.00 bits per heavy atom. The Labute approximate surface area is 111 Å². The van der Waals surface area contributed by atoms with Crippen LogP contribution in [0.25, 0.3) is 0 Å². The largest absolute Gasteiger partial charge is 0.379 e. The highest BCUT2D eigenvalue weighted by molar-refractivity contribution is 4.77. The quantitative estimate of drug-likeness (QED) is 0.660. The average molecular weight is 256 g/mol. The molecule has 3 N–H and O–H groups in total. The van der Waals surface area contributed by atoms with E-state index < -0.39 is 0 Å². The lowest BCUT2D eigenvalue weighted by Crippen LogP contribution is -2.46. The first-order valence-electron chi connectivity index (χ1n) is 7.34. The second kappa shape index (κ2) is 8.07. The number of hydrogen-bond donors (Lipinski definition) is 2. The highest BCUT2D eigenvalue weighted by atomic mass is 16.5. The molecule has 0 bridgehead atoms. The topological polar surface area (TPSA) is 53.8 Å². The first kappa shape index (κ1) is 14.2. The summed E-state index contributed by atoms with van der Waals surface area (Å²) >= 11 is 0. The molecule has 0 aromatic carbocycles. The van der Waals surface area contributed by atoms with Crippen molar-refractivity contribution in [1.82, 2.24) is 15.1 Å². The molecular formula is C13H28N4O. The normalized spacial score (nSPS) is 24.5. The van der Waals surface area contributed by atoms with Gasteiger partial charge in [-0.1, -0.05) is 0 Å². The fourth-order valence-corrected chi connectivity index (χ4v) is 2.79. The first-order valence-corrected chi connectivity index (χ1v) is 7.34. The minimum absolute atomic E-state index is 0.708. The van der Waals surface area contributed by atoms with Crippen molar-refractivity contribution in [3.8, 4) is 0 Å². The lowest BCUT2D eigenvalue weighted by molar-refractivity contribution is 0.0378. The number of nitrogens with two attached hydrogens (primary N) is 1. The second-order valence-electron chi connectivity index (χ2n) is 5.31. The molecule has 0 amide bonds. The minimum atomic E-state index is 0.708. The van der Waals surface area contributed by atoms with Crippen molar-refractivity contribution >= 4 is 0 Å². The highest BCUT2D eigenvalue weighted by Gasteiger charge is 2.18. The molecule has 0 aliphatic carbocycles. The van der Waals surface area contributed by atoms with Gasteiger partial charge in [0.1, 0.15) is 0 Å². The number of likely N-dealkylation sites (tertiary alicyclic amines) is 1. The monoisotopic (exact) mass is 256 g/mol. The van der Waals surface area contributed by atoms with E-state index in [0.717, 1.165) is 52.5 Å². The molecule has 0 aromatic heterocycles. The molecule has 2 rings (SSSR count). The Morgan fingerprint density at radius 3 is 2.33 bits per heavy atom. The van der Waals surface area contributed by atoms with Crippen LogP contribution in [0, 0.1) is 0 Å². The molecule has 106 valence electrons. The summed E-state index contributed by atoms with van der Waals surface area (Å²) in [7, 11) is 0. The lowest BCUT2D eigenvalue weighted by atomic mass is 10.1. The van der Waals surface area contributed by atoms with Gasteiger partial charge in [0, 0.05) is 45.3 Å². The number of hydrogen-bond acceptors (Lipinski definition) is 5. The lowest BCUT2D eigenvalue weighted by Gasteiger charge is -2.33. The van der Waals surface area contributed by atoms with Crippen LogP contribution < -0.4 is 11.1 Å². The van der Waals surface area contributed by atoms with Gasteiger partial charge in [0.25, 0.3) is 0 Å². The molecule has 2 fully saturated rings. The van der Waals surface area contributed by atoms with E-state index in [2.05, 4.69) is 15.1 Å². The fraction of sp³-hybridized carbons (Fsp3) is 1.00. The zero-order chi connectivity index (χ0) is 12.6. The molecule has 0 atom stereocenters. The van der Waals surface area contributed by atoms with Crippen molar-refractivity contribution in [1.29, 1.82) is 0 Å². The number of piperidine rings is 1. The highest BCUT2D eigenvalue weighted by Crippen LogP contribution is 2.09. The van der Waals surface area contributed by atoms with Crippen molar-refractivity contribution < 1.29 is 4.74 Å². The van der Waals surface area contributed by atoms with Crippen molar-refractivity contribution in [2.75, 3.05) is 65.6 Å². The van der Waals surface area contributed by atoms with Gasteiger partial charge in [0.15, 0.2) is 0 Å². The summed E-state index contributed by atoms with van der Waals surface area (Å²) in [6.07, 6.45) is 2.53. The summed E-state index contributed by atoms with van der Waals surface area (Å²) in [5.74, 6) is 0. The number of rotatable bonds is 6. The summed E-state index contributed by atoms with van der Waals surface area (Å²) in [6, 6.07) is 0.708. The Balaban J connectivity index is 1.52. The minimum Gasteiger partial charge on any atom is -0.379 e. The molecule has 2 aliphatic heterocycles. The molecule has 2 heterocycles. The van der Waals surface area contributed by atoms with Crippen molar-refractivity contribution in [3.05, 3.63) is 0 Å². The Hall–Kier alpha value is -0.200. The summed E-state index contributed by atoms with van der Waals surface area (Å²) in [6.45, 7) is 10.5.